The average molecular weight is 424 g/mol. The summed E-state index contributed by atoms with van der Waals surface area (Å²) in [5, 5.41) is 4.98. The smallest absolute Gasteiger partial charge is 0.444 e. The quantitative estimate of drug-likeness (QED) is 0.536. The summed E-state index contributed by atoms with van der Waals surface area (Å²) in [6, 6.07) is 11.9. The number of anilines is 1. The summed E-state index contributed by atoms with van der Waals surface area (Å²) < 4.78 is 17.9. The van der Waals surface area contributed by atoms with Gasteiger partial charge in [-0.1, -0.05) is 24.3 Å². The van der Waals surface area contributed by atoms with Crippen molar-refractivity contribution in [1.82, 2.24) is 5.32 Å². The second-order valence-corrected chi connectivity index (χ2v) is 10.0. The Balaban J connectivity index is 1.90. The first-order chi connectivity index (χ1) is 14.3. The molecule has 166 valence electrons. The molecule has 1 aliphatic rings. The van der Waals surface area contributed by atoms with Crippen LogP contribution in [-0.2, 0) is 14.0 Å². The van der Waals surface area contributed by atoms with Crippen molar-refractivity contribution in [3.8, 4) is 0 Å². The number of ether oxygens (including phenoxy) is 1. The number of carbonyl (C=O) groups is 1. The van der Waals surface area contributed by atoms with Crippen molar-refractivity contribution < 1.29 is 18.8 Å². The van der Waals surface area contributed by atoms with Crippen LogP contribution >= 0.6 is 0 Å². The molecule has 0 unspecified atom stereocenters. The van der Waals surface area contributed by atoms with Crippen molar-refractivity contribution in [2.75, 3.05) is 12.3 Å². The van der Waals surface area contributed by atoms with Crippen LogP contribution in [0.2, 0.25) is 0 Å². The third-order valence-electron chi connectivity index (χ3n) is 5.63. The Kier molecular flexibility index (Phi) is 6.13. The van der Waals surface area contributed by atoms with E-state index in [1.807, 2.05) is 84.9 Å². The van der Waals surface area contributed by atoms with Crippen LogP contribution in [0, 0.1) is 0 Å². The average Bonchev–Trinajstić information content (AvgIpc) is 2.84. The maximum absolute atomic E-state index is 12.2. The highest BCUT2D eigenvalue weighted by molar-refractivity contribution is 6.56. The molecule has 1 fully saturated rings. The van der Waals surface area contributed by atoms with Gasteiger partial charge in [-0.15, -0.1) is 0 Å². The van der Waals surface area contributed by atoms with E-state index in [1.165, 1.54) is 0 Å². The summed E-state index contributed by atoms with van der Waals surface area (Å²) in [5.74, 6) is 0. The fraction of sp³-hybridized carbons (Fsp3) is 0.458. The van der Waals surface area contributed by atoms with E-state index < -0.39 is 30.0 Å². The molecule has 0 radical (unpaired) electrons. The van der Waals surface area contributed by atoms with Gasteiger partial charge in [0, 0.05) is 12.2 Å². The molecule has 0 aliphatic carbocycles. The highest BCUT2D eigenvalue weighted by atomic mass is 16.7. The Hall–Kier alpha value is -2.51. The molecule has 1 heterocycles. The number of alkyl carbamates (subject to hydrolysis) is 1. The number of carbonyl (C=O) groups excluding carboxylic acids is 1. The van der Waals surface area contributed by atoms with Crippen LogP contribution in [0.25, 0.3) is 16.8 Å². The van der Waals surface area contributed by atoms with Gasteiger partial charge in [-0.05, 0) is 88.5 Å². The maximum atomic E-state index is 12.2. The molecule has 0 bridgehead atoms. The topological polar surface area (TPSA) is 82.8 Å². The fourth-order valence-electron chi connectivity index (χ4n) is 3.27. The highest BCUT2D eigenvalue weighted by Crippen LogP contribution is 2.38. The number of nitrogens with two attached hydrogens (primary N) is 1. The molecule has 0 saturated carbocycles. The molecule has 2 aromatic rings. The van der Waals surface area contributed by atoms with Gasteiger partial charge >= 0.3 is 13.2 Å². The van der Waals surface area contributed by atoms with E-state index in [9.17, 15) is 4.79 Å². The first-order valence-electron chi connectivity index (χ1n) is 10.6. The van der Waals surface area contributed by atoms with E-state index in [0.29, 0.717) is 0 Å². The van der Waals surface area contributed by atoms with Crippen molar-refractivity contribution in [3.63, 3.8) is 0 Å². The first-order valence-corrected chi connectivity index (χ1v) is 10.6. The largest absolute Gasteiger partial charge is 0.492 e. The van der Waals surface area contributed by atoms with Crippen LogP contribution < -0.4 is 11.1 Å². The number of nitrogen functional groups attached to an aromatic ring is 1. The van der Waals surface area contributed by atoms with Gasteiger partial charge in [-0.25, -0.2) is 4.79 Å². The Labute approximate surface area is 185 Å². The van der Waals surface area contributed by atoms with Crippen LogP contribution in [0.1, 0.15) is 54.0 Å². The molecule has 7 heteroatoms. The lowest BCUT2D eigenvalue weighted by Crippen LogP contribution is -2.41. The minimum atomic E-state index is -0.581. The molecule has 3 rings (SSSR count). The maximum Gasteiger partial charge on any atom is 0.492 e. The number of fused-ring (bicyclic) bond motifs is 1. The van der Waals surface area contributed by atoms with Crippen LogP contribution in [0.15, 0.2) is 41.9 Å². The summed E-state index contributed by atoms with van der Waals surface area (Å²) in [7, 11) is -0.581. The number of hydrogen-bond acceptors (Lipinski definition) is 5. The Bertz CT molecular complexity index is 992. The lowest BCUT2D eigenvalue weighted by Gasteiger charge is -2.32. The lowest BCUT2D eigenvalue weighted by atomic mass is 9.77. The summed E-state index contributed by atoms with van der Waals surface area (Å²) in [4.78, 5) is 12.2. The number of amides is 1. The zero-order valence-electron chi connectivity index (χ0n) is 19.5. The van der Waals surface area contributed by atoms with Gasteiger partial charge in [0.05, 0.1) is 11.2 Å². The van der Waals surface area contributed by atoms with E-state index >= 15 is 0 Å². The molecule has 0 atom stereocenters. The van der Waals surface area contributed by atoms with E-state index in [-0.39, 0.29) is 6.54 Å². The monoisotopic (exact) mass is 424 g/mol. The Morgan fingerprint density at radius 1 is 1.06 bits per heavy atom. The van der Waals surface area contributed by atoms with Gasteiger partial charge in [0.2, 0.25) is 0 Å². The molecule has 2 aromatic carbocycles. The van der Waals surface area contributed by atoms with Crippen LogP contribution in [-0.4, -0.2) is 36.6 Å². The minimum absolute atomic E-state index is 0.242. The normalized spacial score (nSPS) is 18.3. The van der Waals surface area contributed by atoms with Crippen molar-refractivity contribution in [2.24, 2.45) is 0 Å². The van der Waals surface area contributed by atoms with E-state index in [4.69, 9.17) is 19.8 Å². The van der Waals surface area contributed by atoms with Crippen molar-refractivity contribution >= 4 is 35.7 Å². The van der Waals surface area contributed by atoms with Gasteiger partial charge in [0.15, 0.2) is 0 Å². The number of nitrogens with one attached hydrogen (secondary N) is 1. The second kappa shape index (κ2) is 8.21. The summed E-state index contributed by atoms with van der Waals surface area (Å²) in [6.07, 6.45) is 1.51. The van der Waals surface area contributed by atoms with E-state index in [2.05, 4.69) is 11.4 Å². The SMILES string of the molecule is CC(C)(C)OC(=O)NCC(=Cc1ccc2cc(N)ccc2c1)B1OC(C)(C)C(C)(C)O1. The molecule has 0 spiro atoms. The standard InChI is InChI=1S/C24H33BN2O4/c1-22(2,3)29-21(28)27-15-19(25-30-23(4,5)24(6,7)31-25)13-16-8-9-18-14-20(26)11-10-17(18)12-16/h8-14H,15,26H2,1-7H3,(H,27,28). The van der Waals surface area contributed by atoms with E-state index in [1.54, 1.807) is 0 Å². The lowest BCUT2D eigenvalue weighted by molar-refractivity contribution is 0.00578. The fourth-order valence-corrected chi connectivity index (χ4v) is 3.27. The molecular formula is C24H33BN2O4. The zero-order chi connectivity index (χ0) is 23.0. The zero-order valence-corrected chi connectivity index (χ0v) is 19.5. The molecule has 3 N–H and O–H groups in total. The van der Waals surface area contributed by atoms with Gasteiger partial charge in [0.1, 0.15) is 5.60 Å². The molecule has 1 amide bonds. The van der Waals surface area contributed by atoms with Crippen LogP contribution in [0.4, 0.5) is 10.5 Å². The Morgan fingerprint density at radius 2 is 1.65 bits per heavy atom. The predicted molar refractivity (Wildman–Crippen MR) is 127 cm³/mol. The molecule has 0 aromatic heterocycles. The third-order valence-corrected chi connectivity index (χ3v) is 5.63. The number of rotatable bonds is 4. The Morgan fingerprint density at radius 3 is 2.26 bits per heavy atom. The minimum Gasteiger partial charge on any atom is -0.444 e. The third kappa shape index (κ3) is 5.60. The molecule has 1 aliphatic heterocycles. The highest BCUT2D eigenvalue weighted by Gasteiger charge is 2.52. The van der Waals surface area contributed by atoms with Crippen LogP contribution in [0.3, 0.4) is 0 Å². The van der Waals surface area contributed by atoms with Crippen molar-refractivity contribution in [2.45, 2.75) is 65.3 Å². The van der Waals surface area contributed by atoms with Gasteiger partial charge in [-0.3, -0.25) is 0 Å². The predicted octanol–water partition coefficient (Wildman–Crippen LogP) is 4.96. The number of benzene rings is 2. The molecule has 6 nitrogen and oxygen atoms in total. The molecule has 1 saturated heterocycles. The molecular weight excluding hydrogens is 391 g/mol. The van der Waals surface area contributed by atoms with Gasteiger partial charge in [0.25, 0.3) is 0 Å². The summed E-state index contributed by atoms with van der Waals surface area (Å²) in [5.41, 5.74) is 6.87. The van der Waals surface area contributed by atoms with Gasteiger partial charge < -0.3 is 25.1 Å². The second-order valence-electron chi connectivity index (χ2n) is 10.0. The summed E-state index contributed by atoms with van der Waals surface area (Å²) in [6.45, 7) is 13.8. The van der Waals surface area contributed by atoms with Crippen LogP contribution in [0.5, 0.6) is 0 Å². The van der Waals surface area contributed by atoms with E-state index in [0.717, 1.165) is 27.5 Å². The summed E-state index contributed by atoms with van der Waals surface area (Å²) >= 11 is 0. The van der Waals surface area contributed by atoms with Gasteiger partial charge in [-0.2, -0.15) is 0 Å². The molecule has 31 heavy (non-hydrogen) atoms. The first kappa shape index (κ1) is 23.2. The number of hydrogen-bond donors (Lipinski definition) is 2. The van der Waals surface area contributed by atoms with Crippen molar-refractivity contribution in [1.29, 1.82) is 0 Å². The van der Waals surface area contributed by atoms with Crippen molar-refractivity contribution in [3.05, 3.63) is 47.4 Å².